The molecule has 0 radical (unpaired) electrons. The van der Waals surface area contributed by atoms with Crippen LogP contribution < -0.4 is 11.1 Å². The summed E-state index contributed by atoms with van der Waals surface area (Å²) < 4.78 is 6.17. The smallest absolute Gasteiger partial charge is 0.243 e. The van der Waals surface area contributed by atoms with Gasteiger partial charge in [-0.3, -0.25) is 4.79 Å². The molecule has 1 aromatic heterocycles. The number of nitrogens with zero attached hydrogens (tertiary/aromatic N) is 3. The topological polar surface area (TPSA) is 176 Å². The van der Waals surface area contributed by atoms with Gasteiger partial charge in [-0.25, -0.2) is 4.68 Å². The van der Waals surface area contributed by atoms with Gasteiger partial charge in [-0.15, -0.1) is 5.10 Å². The number of anilines is 1. The van der Waals surface area contributed by atoms with Crippen molar-refractivity contribution in [1.29, 1.82) is 0 Å². The quantitative estimate of drug-likeness (QED) is 0.246. The van der Waals surface area contributed by atoms with Crippen LogP contribution in [0.2, 0.25) is 0 Å². The summed E-state index contributed by atoms with van der Waals surface area (Å²) in [5, 5.41) is 48.7. The highest BCUT2D eigenvalue weighted by atomic mass is 32.2. The van der Waals surface area contributed by atoms with Gasteiger partial charge in [0.2, 0.25) is 5.91 Å². The summed E-state index contributed by atoms with van der Waals surface area (Å²) in [5.74, 6) is 1.20. The molecular weight excluding hydrogens is 366 g/mol. The van der Waals surface area contributed by atoms with Crippen molar-refractivity contribution in [3.05, 3.63) is 6.20 Å². The summed E-state index contributed by atoms with van der Waals surface area (Å²) in [6, 6.07) is -0.674. The van der Waals surface area contributed by atoms with Crippen LogP contribution in [0.25, 0.3) is 0 Å². The van der Waals surface area contributed by atoms with Crippen molar-refractivity contribution in [1.82, 2.24) is 15.0 Å². The molecule has 1 aliphatic rings. The number of thioether (sulfide) groups is 1. The number of nitrogens with two attached hydrogens (primary N) is 1. The third-order valence-corrected chi connectivity index (χ3v) is 5.09. The molecule has 1 amide bonds. The number of rotatable bonds is 9. The monoisotopic (exact) mass is 391 g/mol. The molecule has 11 nitrogen and oxygen atoms in total. The average molecular weight is 391 g/mol. The van der Waals surface area contributed by atoms with Crippen LogP contribution in [-0.4, -0.2) is 89.6 Å². The summed E-state index contributed by atoms with van der Waals surface area (Å²) in [5.41, 5.74) is 5.80. The molecule has 7 N–H and O–H groups in total. The molecule has 2 rings (SSSR count). The Morgan fingerprint density at radius 3 is 2.81 bits per heavy atom. The molecule has 0 aliphatic carbocycles. The Labute approximate surface area is 154 Å². The number of carbonyl (C=O) groups is 1. The van der Waals surface area contributed by atoms with E-state index in [1.165, 1.54) is 10.9 Å². The highest BCUT2D eigenvalue weighted by Gasteiger charge is 2.45. The summed E-state index contributed by atoms with van der Waals surface area (Å²) in [7, 11) is 0. The molecule has 1 saturated heterocycles. The zero-order valence-electron chi connectivity index (χ0n) is 14.3. The predicted molar refractivity (Wildman–Crippen MR) is 93.1 cm³/mol. The van der Waals surface area contributed by atoms with Gasteiger partial charge < -0.3 is 36.2 Å². The van der Waals surface area contributed by atoms with E-state index in [1.54, 1.807) is 11.8 Å². The van der Waals surface area contributed by atoms with Gasteiger partial charge in [0.25, 0.3) is 0 Å². The van der Waals surface area contributed by atoms with Crippen LogP contribution in [0.1, 0.15) is 13.3 Å². The van der Waals surface area contributed by atoms with E-state index in [2.05, 4.69) is 15.6 Å². The van der Waals surface area contributed by atoms with Gasteiger partial charge in [0, 0.05) is 5.75 Å². The highest BCUT2D eigenvalue weighted by molar-refractivity contribution is 7.99. The SMILES string of the molecule is CCCSC[C@@H](N)C(=O)Nc1cn(C[C@H](O)C2OC(O)[C@@H](O)[C@@H]2O)nn1. The molecule has 12 heteroatoms. The number of hydrogen-bond donors (Lipinski definition) is 6. The first kappa shape index (κ1) is 21.0. The fourth-order valence-corrected chi connectivity index (χ4v) is 3.25. The van der Waals surface area contributed by atoms with Gasteiger partial charge in [0.1, 0.15) is 24.4 Å². The van der Waals surface area contributed by atoms with Crippen LogP contribution in [0.5, 0.6) is 0 Å². The number of carbonyl (C=O) groups excluding carboxylic acids is 1. The van der Waals surface area contributed by atoms with E-state index < -0.39 is 36.7 Å². The van der Waals surface area contributed by atoms with Crippen LogP contribution in [0.3, 0.4) is 0 Å². The van der Waals surface area contributed by atoms with Crippen molar-refractivity contribution in [2.75, 3.05) is 16.8 Å². The molecule has 2 unspecified atom stereocenters. The number of aliphatic hydroxyl groups excluding tert-OH is 4. The van der Waals surface area contributed by atoms with Crippen molar-refractivity contribution in [2.24, 2.45) is 5.73 Å². The predicted octanol–water partition coefficient (Wildman–Crippen LogP) is -2.51. The molecule has 0 saturated carbocycles. The number of hydrogen-bond acceptors (Lipinski definition) is 10. The minimum atomic E-state index is -1.57. The molecule has 6 atom stereocenters. The largest absolute Gasteiger partial charge is 0.388 e. The van der Waals surface area contributed by atoms with E-state index in [9.17, 15) is 25.2 Å². The fourth-order valence-electron chi connectivity index (χ4n) is 2.39. The van der Waals surface area contributed by atoms with Gasteiger partial charge in [-0.2, -0.15) is 11.8 Å². The minimum absolute atomic E-state index is 0.123. The zero-order chi connectivity index (χ0) is 19.3. The number of amides is 1. The molecule has 1 fully saturated rings. The molecule has 0 spiro atoms. The fraction of sp³-hybridized carbons (Fsp3) is 0.786. The number of aliphatic hydroxyl groups is 4. The molecule has 0 bridgehead atoms. The van der Waals surface area contributed by atoms with Gasteiger partial charge in [0.15, 0.2) is 12.1 Å². The Morgan fingerprint density at radius 1 is 1.46 bits per heavy atom. The third kappa shape index (κ3) is 5.36. The Morgan fingerprint density at radius 2 is 2.19 bits per heavy atom. The summed E-state index contributed by atoms with van der Waals surface area (Å²) in [4.78, 5) is 12.0. The van der Waals surface area contributed by atoms with Gasteiger partial charge >= 0.3 is 0 Å². The van der Waals surface area contributed by atoms with E-state index in [-0.39, 0.29) is 18.3 Å². The van der Waals surface area contributed by atoms with E-state index in [0.717, 1.165) is 12.2 Å². The molecule has 148 valence electrons. The van der Waals surface area contributed by atoms with E-state index >= 15 is 0 Å². The Balaban J connectivity index is 1.84. The first-order valence-electron chi connectivity index (χ1n) is 8.25. The Kier molecular flexibility index (Phi) is 7.76. The first-order chi connectivity index (χ1) is 12.3. The van der Waals surface area contributed by atoms with Crippen molar-refractivity contribution >= 4 is 23.5 Å². The second-order valence-corrected chi connectivity index (χ2v) is 7.19. The van der Waals surface area contributed by atoms with Crippen LogP contribution >= 0.6 is 11.8 Å². The van der Waals surface area contributed by atoms with E-state index in [1.807, 2.05) is 6.92 Å². The lowest BCUT2D eigenvalue weighted by Gasteiger charge is -2.20. The van der Waals surface area contributed by atoms with E-state index in [4.69, 9.17) is 10.5 Å². The lowest BCUT2D eigenvalue weighted by Crippen LogP contribution is -2.40. The maximum atomic E-state index is 12.0. The van der Waals surface area contributed by atoms with Crippen LogP contribution in [0.4, 0.5) is 5.82 Å². The van der Waals surface area contributed by atoms with Crippen LogP contribution in [-0.2, 0) is 16.1 Å². The van der Waals surface area contributed by atoms with Crippen molar-refractivity contribution < 1.29 is 30.0 Å². The summed E-state index contributed by atoms with van der Waals surface area (Å²) in [6.07, 6.45) is -4.53. The lowest BCUT2D eigenvalue weighted by atomic mass is 10.1. The lowest BCUT2D eigenvalue weighted by molar-refractivity contribution is -0.147. The van der Waals surface area contributed by atoms with Gasteiger partial charge in [-0.1, -0.05) is 12.1 Å². The second-order valence-electron chi connectivity index (χ2n) is 6.04. The maximum Gasteiger partial charge on any atom is 0.243 e. The van der Waals surface area contributed by atoms with Crippen LogP contribution in [0.15, 0.2) is 6.20 Å². The summed E-state index contributed by atoms with van der Waals surface area (Å²) in [6.45, 7) is 1.92. The van der Waals surface area contributed by atoms with Gasteiger partial charge in [0.05, 0.1) is 18.8 Å². The highest BCUT2D eigenvalue weighted by Crippen LogP contribution is 2.23. The molecule has 26 heavy (non-hydrogen) atoms. The minimum Gasteiger partial charge on any atom is -0.388 e. The number of aromatic nitrogens is 3. The number of nitrogens with one attached hydrogen (secondary N) is 1. The van der Waals surface area contributed by atoms with Crippen LogP contribution in [0, 0.1) is 0 Å². The molecule has 2 heterocycles. The Hall–Kier alpha value is -1.28. The van der Waals surface area contributed by atoms with E-state index in [0.29, 0.717) is 5.75 Å². The summed E-state index contributed by atoms with van der Waals surface area (Å²) >= 11 is 1.59. The van der Waals surface area contributed by atoms with Gasteiger partial charge in [-0.05, 0) is 12.2 Å². The molecular formula is C14H25N5O6S. The standard InChI is InChI=1S/C14H25N5O6S/c1-2-3-26-6-7(15)13(23)16-9-5-19(18-17-9)4-8(20)12-10(21)11(22)14(24)25-12/h5,7-8,10-12,14,20-22,24H,2-4,6,15H2,1H3,(H,16,23)/t7-,8+,10+,11+,12?,14?/m1/s1. The molecule has 1 aliphatic heterocycles. The zero-order valence-corrected chi connectivity index (χ0v) is 15.1. The average Bonchev–Trinajstić information content (AvgIpc) is 3.14. The second kappa shape index (κ2) is 9.60. The Bertz CT molecular complexity index is 590. The normalized spacial score (nSPS) is 28.1. The first-order valence-corrected chi connectivity index (χ1v) is 9.41. The third-order valence-electron chi connectivity index (χ3n) is 3.80. The van der Waals surface area contributed by atoms with Crippen molar-refractivity contribution in [3.8, 4) is 0 Å². The van der Waals surface area contributed by atoms with Crippen molar-refractivity contribution in [2.45, 2.75) is 56.6 Å². The molecule has 0 aromatic carbocycles. The van der Waals surface area contributed by atoms with Crippen molar-refractivity contribution in [3.63, 3.8) is 0 Å². The molecule has 1 aromatic rings. The number of ether oxygens (including phenoxy) is 1. The maximum absolute atomic E-state index is 12.0.